The second-order valence-electron chi connectivity index (χ2n) is 5.04. The third kappa shape index (κ3) is 4.56. The van der Waals surface area contributed by atoms with Crippen molar-refractivity contribution >= 4 is 23.1 Å². The Morgan fingerprint density at radius 3 is 2.52 bits per heavy atom. The fourth-order valence-corrected chi connectivity index (χ4v) is 3.68. The molecular formula is C17H24N2S2. The van der Waals surface area contributed by atoms with Crippen molar-refractivity contribution in [1.29, 1.82) is 0 Å². The van der Waals surface area contributed by atoms with Gasteiger partial charge in [-0.25, -0.2) is 4.98 Å². The molecule has 1 aromatic heterocycles. The van der Waals surface area contributed by atoms with Crippen LogP contribution < -0.4 is 5.32 Å². The maximum atomic E-state index is 4.88. The quantitative estimate of drug-likeness (QED) is 0.548. The number of hydrogen-bond donors (Lipinski definition) is 1. The van der Waals surface area contributed by atoms with Crippen LogP contribution >= 0.6 is 23.1 Å². The maximum absolute atomic E-state index is 4.88. The number of nitrogens with zero attached hydrogens (tertiary/aromatic N) is 1. The molecule has 1 N–H and O–H groups in total. The van der Waals surface area contributed by atoms with Crippen molar-refractivity contribution < 1.29 is 0 Å². The lowest BCUT2D eigenvalue weighted by molar-refractivity contribution is 0.674. The summed E-state index contributed by atoms with van der Waals surface area (Å²) in [6.07, 6.45) is 5.50. The highest BCUT2D eigenvalue weighted by molar-refractivity contribution is 7.98. The summed E-state index contributed by atoms with van der Waals surface area (Å²) >= 11 is 3.61. The van der Waals surface area contributed by atoms with E-state index in [0.29, 0.717) is 0 Å². The molecule has 0 radical (unpaired) electrons. The van der Waals surface area contributed by atoms with Crippen LogP contribution in [-0.4, -0.2) is 17.8 Å². The number of aromatic nitrogens is 1. The Balaban J connectivity index is 2.20. The second-order valence-corrected chi connectivity index (χ2v) is 7.01. The molecule has 0 amide bonds. The number of rotatable bonds is 8. The average molecular weight is 321 g/mol. The van der Waals surface area contributed by atoms with E-state index in [1.165, 1.54) is 27.5 Å². The molecule has 21 heavy (non-hydrogen) atoms. The molecule has 0 unspecified atom stereocenters. The highest BCUT2D eigenvalue weighted by Gasteiger charge is 2.11. The second kappa shape index (κ2) is 8.57. The van der Waals surface area contributed by atoms with Crippen LogP contribution in [0.2, 0.25) is 0 Å². The minimum absolute atomic E-state index is 0.948. The van der Waals surface area contributed by atoms with Crippen LogP contribution in [-0.2, 0) is 13.0 Å². The van der Waals surface area contributed by atoms with Gasteiger partial charge in [0, 0.05) is 21.9 Å². The van der Waals surface area contributed by atoms with Crippen molar-refractivity contribution in [1.82, 2.24) is 10.3 Å². The highest BCUT2D eigenvalue weighted by atomic mass is 32.2. The van der Waals surface area contributed by atoms with Crippen LogP contribution in [0, 0.1) is 0 Å². The van der Waals surface area contributed by atoms with E-state index in [1.807, 2.05) is 11.3 Å². The molecule has 0 saturated heterocycles. The smallest absolute Gasteiger partial charge is 0.123 e. The summed E-state index contributed by atoms with van der Waals surface area (Å²) < 4.78 is 0. The lowest BCUT2D eigenvalue weighted by Gasteiger charge is -2.02. The molecular weight excluding hydrogens is 296 g/mol. The summed E-state index contributed by atoms with van der Waals surface area (Å²) in [7, 11) is 0. The van der Waals surface area contributed by atoms with E-state index < -0.39 is 0 Å². The van der Waals surface area contributed by atoms with Gasteiger partial charge in [-0.05, 0) is 37.8 Å². The molecule has 0 spiro atoms. The van der Waals surface area contributed by atoms with Gasteiger partial charge < -0.3 is 5.32 Å². The minimum atomic E-state index is 0.948. The predicted octanol–water partition coefficient (Wildman–Crippen LogP) is 4.98. The van der Waals surface area contributed by atoms with Crippen molar-refractivity contribution in [2.75, 3.05) is 12.8 Å². The van der Waals surface area contributed by atoms with Gasteiger partial charge >= 0.3 is 0 Å². The normalized spacial score (nSPS) is 11.0. The van der Waals surface area contributed by atoms with Gasteiger partial charge in [0.25, 0.3) is 0 Å². The molecule has 2 nitrogen and oxygen atoms in total. The monoisotopic (exact) mass is 320 g/mol. The van der Waals surface area contributed by atoms with E-state index in [4.69, 9.17) is 4.98 Å². The van der Waals surface area contributed by atoms with Gasteiger partial charge in [0.1, 0.15) is 5.01 Å². The number of benzene rings is 1. The van der Waals surface area contributed by atoms with E-state index in [-0.39, 0.29) is 0 Å². The summed E-state index contributed by atoms with van der Waals surface area (Å²) in [4.78, 5) is 7.57. The molecule has 0 aliphatic carbocycles. The van der Waals surface area contributed by atoms with Crippen molar-refractivity contribution in [2.45, 2.75) is 44.6 Å². The lowest BCUT2D eigenvalue weighted by Crippen LogP contribution is -2.13. The van der Waals surface area contributed by atoms with Crippen molar-refractivity contribution in [3.05, 3.63) is 34.8 Å². The minimum Gasteiger partial charge on any atom is -0.312 e. The Morgan fingerprint density at radius 1 is 1.14 bits per heavy atom. The average Bonchev–Trinajstić information content (AvgIpc) is 2.91. The molecule has 0 aliphatic heterocycles. The molecule has 0 bridgehead atoms. The van der Waals surface area contributed by atoms with Gasteiger partial charge in [0.05, 0.1) is 5.69 Å². The third-order valence-electron chi connectivity index (χ3n) is 3.31. The Labute approximate surface area is 136 Å². The summed E-state index contributed by atoms with van der Waals surface area (Å²) in [6, 6.07) is 8.72. The Kier molecular flexibility index (Phi) is 6.74. The Morgan fingerprint density at radius 2 is 1.90 bits per heavy atom. The number of thioether (sulfide) groups is 1. The first-order valence-electron chi connectivity index (χ1n) is 7.62. The zero-order valence-electron chi connectivity index (χ0n) is 13.1. The molecule has 0 saturated carbocycles. The number of nitrogens with one attached hydrogen (secondary N) is 1. The van der Waals surface area contributed by atoms with Crippen molar-refractivity contribution in [3.8, 4) is 10.6 Å². The van der Waals surface area contributed by atoms with Gasteiger partial charge in [-0.3, -0.25) is 0 Å². The first-order valence-corrected chi connectivity index (χ1v) is 9.66. The predicted molar refractivity (Wildman–Crippen MR) is 95.3 cm³/mol. The van der Waals surface area contributed by atoms with Gasteiger partial charge in [-0.2, -0.15) is 0 Å². The molecule has 4 heteroatoms. The zero-order chi connectivity index (χ0) is 15.1. The molecule has 0 atom stereocenters. The van der Waals surface area contributed by atoms with Gasteiger partial charge in [-0.15, -0.1) is 23.1 Å². The third-order valence-corrected chi connectivity index (χ3v) is 5.20. The van der Waals surface area contributed by atoms with Gasteiger partial charge in [0.2, 0.25) is 0 Å². The summed E-state index contributed by atoms with van der Waals surface area (Å²) in [5.41, 5.74) is 2.51. The maximum Gasteiger partial charge on any atom is 0.123 e. The Hall–Kier alpha value is -0.840. The van der Waals surface area contributed by atoms with Crippen LogP contribution in [0.1, 0.15) is 37.3 Å². The molecule has 2 rings (SSSR count). The lowest BCUT2D eigenvalue weighted by atomic mass is 10.2. The SMILES string of the molecule is CCCNCc1sc(-c2ccc(SC)cc2)nc1CCC. The number of aryl methyl sites for hydroxylation is 1. The van der Waals surface area contributed by atoms with Crippen LogP contribution in [0.15, 0.2) is 29.2 Å². The van der Waals surface area contributed by atoms with Gasteiger partial charge in [-0.1, -0.05) is 32.4 Å². The topological polar surface area (TPSA) is 24.9 Å². The first kappa shape index (κ1) is 16.5. The van der Waals surface area contributed by atoms with E-state index in [2.05, 4.69) is 49.7 Å². The molecule has 114 valence electrons. The highest BCUT2D eigenvalue weighted by Crippen LogP contribution is 2.30. The fraction of sp³-hybridized carbons (Fsp3) is 0.471. The molecule has 2 aromatic rings. The van der Waals surface area contributed by atoms with E-state index in [0.717, 1.165) is 30.9 Å². The molecule has 0 fully saturated rings. The standard InChI is InChI=1S/C17H24N2S2/c1-4-6-15-16(12-18-11-5-2)21-17(19-15)13-7-9-14(20-3)10-8-13/h7-10,18H,4-6,11-12H2,1-3H3. The zero-order valence-corrected chi connectivity index (χ0v) is 14.7. The van der Waals surface area contributed by atoms with Crippen LogP contribution in [0.25, 0.3) is 10.6 Å². The van der Waals surface area contributed by atoms with E-state index in [9.17, 15) is 0 Å². The van der Waals surface area contributed by atoms with E-state index in [1.54, 1.807) is 11.8 Å². The number of hydrogen-bond acceptors (Lipinski definition) is 4. The van der Waals surface area contributed by atoms with Crippen LogP contribution in [0.3, 0.4) is 0 Å². The number of thiazole rings is 1. The van der Waals surface area contributed by atoms with Crippen LogP contribution in [0.4, 0.5) is 0 Å². The van der Waals surface area contributed by atoms with Crippen molar-refractivity contribution in [3.63, 3.8) is 0 Å². The van der Waals surface area contributed by atoms with Crippen LogP contribution in [0.5, 0.6) is 0 Å². The molecule has 0 aliphatic rings. The van der Waals surface area contributed by atoms with Gasteiger partial charge in [0.15, 0.2) is 0 Å². The summed E-state index contributed by atoms with van der Waals surface area (Å²) in [5.74, 6) is 0. The summed E-state index contributed by atoms with van der Waals surface area (Å²) in [5, 5.41) is 4.65. The molecule has 1 heterocycles. The Bertz CT molecular complexity index is 546. The fourth-order valence-electron chi connectivity index (χ4n) is 2.19. The first-order chi connectivity index (χ1) is 10.3. The molecule has 1 aromatic carbocycles. The van der Waals surface area contributed by atoms with Crippen molar-refractivity contribution in [2.24, 2.45) is 0 Å². The largest absolute Gasteiger partial charge is 0.312 e. The van der Waals surface area contributed by atoms with E-state index >= 15 is 0 Å². The summed E-state index contributed by atoms with van der Waals surface area (Å²) in [6.45, 7) is 6.44.